The molecule has 0 amide bonds. The number of hydrogen-bond donors (Lipinski definition) is 0. The van der Waals surface area contributed by atoms with E-state index in [9.17, 15) is 4.79 Å². The van der Waals surface area contributed by atoms with Gasteiger partial charge in [-0.1, -0.05) is 43.3 Å². The summed E-state index contributed by atoms with van der Waals surface area (Å²) in [6.07, 6.45) is 2.98. The van der Waals surface area contributed by atoms with Crippen LogP contribution in [0, 0.1) is 0 Å². The predicted octanol–water partition coefficient (Wildman–Crippen LogP) is 2.35. The van der Waals surface area contributed by atoms with Crippen molar-refractivity contribution in [3.8, 4) is 11.4 Å². The Labute approximate surface area is 149 Å². The number of fused-ring (bicyclic) bond motifs is 1. The molecule has 26 heavy (non-hydrogen) atoms. The Kier molecular flexibility index (Phi) is 3.87. The van der Waals surface area contributed by atoms with Gasteiger partial charge in [0.2, 0.25) is 11.7 Å². The van der Waals surface area contributed by atoms with Crippen LogP contribution in [0.4, 0.5) is 0 Å². The molecular weight excluding hydrogens is 332 g/mol. The lowest BCUT2D eigenvalue weighted by atomic mass is 10.0. The van der Waals surface area contributed by atoms with E-state index in [4.69, 9.17) is 4.52 Å². The van der Waals surface area contributed by atoms with Crippen LogP contribution in [0.15, 0.2) is 46.1 Å². The van der Waals surface area contributed by atoms with Crippen LogP contribution in [0.2, 0.25) is 0 Å². The molecule has 4 rings (SSSR count). The van der Waals surface area contributed by atoms with Crippen molar-refractivity contribution in [3.05, 3.63) is 58.6 Å². The van der Waals surface area contributed by atoms with E-state index >= 15 is 0 Å². The Hall–Kier alpha value is -3.29. The molecule has 8 heteroatoms. The van der Waals surface area contributed by atoms with Gasteiger partial charge in [0.15, 0.2) is 5.65 Å². The van der Waals surface area contributed by atoms with Gasteiger partial charge in [-0.05, 0) is 11.5 Å². The van der Waals surface area contributed by atoms with E-state index in [1.54, 1.807) is 11.7 Å². The maximum atomic E-state index is 12.5. The largest absolute Gasteiger partial charge is 0.337 e. The summed E-state index contributed by atoms with van der Waals surface area (Å²) in [5, 5.41) is 8.53. The Morgan fingerprint density at radius 1 is 1.19 bits per heavy atom. The number of nitrogens with zero attached hydrogens (tertiary/aromatic N) is 6. The van der Waals surface area contributed by atoms with Crippen LogP contribution in [0.5, 0.6) is 0 Å². The van der Waals surface area contributed by atoms with Gasteiger partial charge in [-0.3, -0.25) is 14.0 Å². The van der Waals surface area contributed by atoms with Crippen LogP contribution in [0.25, 0.3) is 22.4 Å². The first-order chi connectivity index (χ1) is 12.5. The van der Waals surface area contributed by atoms with Gasteiger partial charge < -0.3 is 4.52 Å². The minimum atomic E-state index is -0.191. The van der Waals surface area contributed by atoms with Crippen LogP contribution in [0.3, 0.4) is 0 Å². The molecule has 0 bridgehead atoms. The van der Waals surface area contributed by atoms with Crippen molar-refractivity contribution in [1.29, 1.82) is 0 Å². The lowest BCUT2D eigenvalue weighted by Gasteiger charge is -2.04. The molecular formula is C18H18N6O2. The van der Waals surface area contributed by atoms with Crippen molar-refractivity contribution in [1.82, 2.24) is 29.5 Å². The lowest BCUT2D eigenvalue weighted by Crippen LogP contribution is -2.21. The summed E-state index contributed by atoms with van der Waals surface area (Å²) in [5.74, 6) is 1.31. The predicted molar refractivity (Wildman–Crippen MR) is 95.7 cm³/mol. The van der Waals surface area contributed by atoms with Crippen LogP contribution < -0.4 is 5.56 Å². The second-order valence-corrected chi connectivity index (χ2v) is 6.47. The molecule has 0 aliphatic heterocycles. The summed E-state index contributed by atoms with van der Waals surface area (Å²) < 4.78 is 8.30. The topological polar surface area (TPSA) is 91.6 Å². The summed E-state index contributed by atoms with van der Waals surface area (Å²) in [5.41, 5.74) is 2.48. The first-order valence-corrected chi connectivity index (χ1v) is 8.33. The molecule has 3 heterocycles. The van der Waals surface area contributed by atoms with Crippen molar-refractivity contribution < 1.29 is 4.52 Å². The fraction of sp³-hybridized carbons (Fsp3) is 0.278. The van der Waals surface area contributed by atoms with Gasteiger partial charge in [-0.15, -0.1) is 0 Å². The third kappa shape index (κ3) is 2.79. The Bertz CT molecular complexity index is 1120. The van der Waals surface area contributed by atoms with E-state index in [2.05, 4.69) is 46.2 Å². The summed E-state index contributed by atoms with van der Waals surface area (Å²) in [6.45, 7) is 4.45. The molecule has 132 valence electrons. The van der Waals surface area contributed by atoms with Gasteiger partial charge in [-0.2, -0.15) is 10.1 Å². The second kappa shape index (κ2) is 6.21. The molecule has 8 nitrogen and oxygen atoms in total. The van der Waals surface area contributed by atoms with Crippen molar-refractivity contribution in [2.24, 2.45) is 7.05 Å². The average Bonchev–Trinajstić information content (AvgIpc) is 3.25. The van der Waals surface area contributed by atoms with Crippen molar-refractivity contribution >= 4 is 11.0 Å². The lowest BCUT2D eigenvalue weighted by molar-refractivity contribution is 0.369. The molecule has 4 aromatic rings. The zero-order valence-electron chi connectivity index (χ0n) is 14.7. The minimum absolute atomic E-state index is 0.160. The van der Waals surface area contributed by atoms with Gasteiger partial charge >= 0.3 is 0 Å². The van der Waals surface area contributed by atoms with Gasteiger partial charge in [0.25, 0.3) is 5.56 Å². The fourth-order valence-corrected chi connectivity index (χ4v) is 2.78. The van der Waals surface area contributed by atoms with Gasteiger partial charge in [0.1, 0.15) is 18.3 Å². The highest BCUT2D eigenvalue weighted by molar-refractivity contribution is 5.72. The highest BCUT2D eigenvalue weighted by Crippen LogP contribution is 2.20. The molecule has 0 spiro atoms. The SMILES string of the molecule is CC(C)c1ccc(-c2noc(Cn3cnc4c(cnn4C)c3=O)n2)cc1. The Morgan fingerprint density at radius 3 is 2.69 bits per heavy atom. The van der Waals surface area contributed by atoms with Gasteiger partial charge in [0, 0.05) is 12.6 Å². The first-order valence-electron chi connectivity index (χ1n) is 8.33. The maximum absolute atomic E-state index is 12.5. The molecule has 0 aliphatic carbocycles. The number of hydrogen-bond acceptors (Lipinski definition) is 6. The normalized spacial score (nSPS) is 11.5. The molecule has 0 aliphatic rings. The number of rotatable bonds is 4. The second-order valence-electron chi connectivity index (χ2n) is 6.47. The van der Waals surface area contributed by atoms with Gasteiger partial charge in [0.05, 0.1) is 6.20 Å². The molecule has 3 aromatic heterocycles. The standard InChI is InChI=1S/C18H18N6O2/c1-11(2)12-4-6-13(7-5-12)16-21-15(26-22-16)9-24-10-19-17-14(18(24)25)8-20-23(17)3/h4-8,10-11H,9H2,1-3H3. The molecule has 0 N–H and O–H groups in total. The molecule has 0 atom stereocenters. The van der Waals surface area contributed by atoms with Crippen LogP contribution in [-0.2, 0) is 13.6 Å². The molecule has 0 radical (unpaired) electrons. The fourth-order valence-electron chi connectivity index (χ4n) is 2.78. The van der Waals surface area contributed by atoms with Crippen LogP contribution in [0.1, 0.15) is 31.2 Å². The monoisotopic (exact) mass is 350 g/mol. The first kappa shape index (κ1) is 16.2. The van der Waals surface area contributed by atoms with E-state index in [-0.39, 0.29) is 12.1 Å². The van der Waals surface area contributed by atoms with Crippen molar-refractivity contribution in [2.75, 3.05) is 0 Å². The summed E-state index contributed by atoms with van der Waals surface area (Å²) in [7, 11) is 1.74. The zero-order valence-corrected chi connectivity index (χ0v) is 14.7. The van der Waals surface area contributed by atoms with E-state index in [1.165, 1.54) is 22.7 Å². The third-order valence-electron chi connectivity index (χ3n) is 4.33. The minimum Gasteiger partial charge on any atom is -0.337 e. The molecule has 0 fully saturated rings. The van der Waals surface area contributed by atoms with Crippen LogP contribution >= 0.6 is 0 Å². The number of aromatic nitrogens is 6. The maximum Gasteiger partial charge on any atom is 0.264 e. The van der Waals surface area contributed by atoms with E-state index in [0.717, 1.165) is 5.56 Å². The summed E-state index contributed by atoms with van der Waals surface area (Å²) in [6, 6.07) is 8.06. The summed E-state index contributed by atoms with van der Waals surface area (Å²) >= 11 is 0. The van der Waals surface area contributed by atoms with E-state index in [0.29, 0.717) is 28.7 Å². The number of benzene rings is 1. The smallest absolute Gasteiger partial charge is 0.264 e. The molecule has 0 saturated heterocycles. The zero-order chi connectivity index (χ0) is 18.3. The van der Waals surface area contributed by atoms with Gasteiger partial charge in [-0.25, -0.2) is 4.98 Å². The van der Waals surface area contributed by atoms with E-state index < -0.39 is 0 Å². The van der Waals surface area contributed by atoms with E-state index in [1.807, 2.05) is 12.1 Å². The molecule has 0 saturated carbocycles. The highest BCUT2D eigenvalue weighted by Gasteiger charge is 2.13. The van der Waals surface area contributed by atoms with Crippen molar-refractivity contribution in [3.63, 3.8) is 0 Å². The Balaban J connectivity index is 1.61. The Morgan fingerprint density at radius 2 is 1.96 bits per heavy atom. The van der Waals surface area contributed by atoms with Crippen LogP contribution in [-0.4, -0.2) is 29.5 Å². The average molecular weight is 350 g/mol. The third-order valence-corrected chi connectivity index (χ3v) is 4.33. The molecule has 0 unspecified atom stereocenters. The molecule has 1 aromatic carbocycles. The quantitative estimate of drug-likeness (QED) is 0.561. The highest BCUT2D eigenvalue weighted by atomic mass is 16.5. The van der Waals surface area contributed by atoms with Crippen molar-refractivity contribution in [2.45, 2.75) is 26.3 Å². The summed E-state index contributed by atoms with van der Waals surface area (Å²) in [4.78, 5) is 21.2. The number of aryl methyl sites for hydroxylation is 1.